The van der Waals surface area contributed by atoms with E-state index in [4.69, 9.17) is 27.9 Å². The first-order chi connectivity index (χ1) is 9.88. The highest BCUT2D eigenvalue weighted by atomic mass is 35.5. The van der Waals surface area contributed by atoms with Gasteiger partial charge >= 0.3 is 5.00 Å². The number of hydrogen-bond donors (Lipinski definition) is 1. The monoisotopic (exact) mass is 349 g/mol. The smallest absolute Gasteiger partial charge is 0.345 e. The van der Waals surface area contributed by atoms with Crippen molar-refractivity contribution in [3.63, 3.8) is 0 Å². The number of ether oxygens (including phenoxy) is 1. The zero-order valence-electron chi connectivity index (χ0n) is 10.4. The number of aromatic nitrogens is 1. The van der Waals surface area contributed by atoms with E-state index in [0.29, 0.717) is 5.03 Å². The summed E-state index contributed by atoms with van der Waals surface area (Å²) in [5.74, 6) is -0.515. The Kier molecular flexibility index (Phi) is 4.94. The van der Waals surface area contributed by atoms with Crippen molar-refractivity contribution in [2.45, 2.75) is 11.5 Å². The summed E-state index contributed by atoms with van der Waals surface area (Å²) >= 11 is 12.8. The highest BCUT2D eigenvalue weighted by molar-refractivity contribution is 7.18. The molecule has 1 aliphatic carbocycles. The largest absolute Gasteiger partial charge is 0.346 e. The molecule has 0 saturated carbocycles. The summed E-state index contributed by atoms with van der Waals surface area (Å²) < 4.78 is 5.31. The number of halogens is 2. The third kappa shape index (κ3) is 4.50. The van der Waals surface area contributed by atoms with Crippen LogP contribution in [0.25, 0.3) is 0 Å². The molecule has 1 aromatic heterocycles. The predicted molar refractivity (Wildman–Crippen MR) is 79.6 cm³/mol. The van der Waals surface area contributed by atoms with Gasteiger partial charge in [-0.05, 0) is 23.5 Å². The number of anilines is 1. The SMILES string of the molecule is O=C(COC1(Cl)C=CC=C(Cl)C1)Nc1ncc([N+](=O)[O-])s1. The van der Waals surface area contributed by atoms with Crippen molar-refractivity contribution in [2.24, 2.45) is 0 Å². The van der Waals surface area contributed by atoms with Crippen LogP contribution >= 0.6 is 34.5 Å². The van der Waals surface area contributed by atoms with Gasteiger partial charge in [0.2, 0.25) is 0 Å². The van der Waals surface area contributed by atoms with Crippen molar-refractivity contribution in [1.82, 2.24) is 4.98 Å². The van der Waals surface area contributed by atoms with Gasteiger partial charge < -0.3 is 4.74 Å². The van der Waals surface area contributed by atoms with E-state index in [2.05, 4.69) is 10.3 Å². The molecule has 7 nitrogen and oxygen atoms in total. The molecule has 0 bridgehead atoms. The number of nitrogens with zero attached hydrogens (tertiary/aromatic N) is 2. The highest BCUT2D eigenvalue weighted by Crippen LogP contribution is 2.32. The Morgan fingerprint density at radius 1 is 1.67 bits per heavy atom. The minimum absolute atomic E-state index is 0.121. The molecule has 1 unspecified atom stereocenters. The lowest BCUT2D eigenvalue weighted by Gasteiger charge is -2.25. The summed E-state index contributed by atoms with van der Waals surface area (Å²) in [5.41, 5.74) is 0. The van der Waals surface area contributed by atoms with E-state index in [9.17, 15) is 14.9 Å². The van der Waals surface area contributed by atoms with Crippen LogP contribution in [0.15, 0.2) is 29.5 Å². The van der Waals surface area contributed by atoms with Crippen LogP contribution in [0.4, 0.5) is 10.1 Å². The summed E-state index contributed by atoms with van der Waals surface area (Å²) in [6.45, 7) is -0.328. The second kappa shape index (κ2) is 6.52. The second-order valence-corrected chi connectivity index (χ2v) is 6.17. The van der Waals surface area contributed by atoms with Crippen LogP contribution in [-0.2, 0) is 9.53 Å². The van der Waals surface area contributed by atoms with Gasteiger partial charge in [-0.1, -0.05) is 29.3 Å². The predicted octanol–water partition coefficient (Wildman–Crippen LogP) is 3.02. The van der Waals surface area contributed by atoms with Crippen molar-refractivity contribution in [3.8, 4) is 0 Å². The fourth-order valence-electron chi connectivity index (χ4n) is 1.49. The Bertz CT molecular complexity index is 631. The number of carbonyl (C=O) groups excluding carboxylic acids is 1. The number of rotatable bonds is 5. The van der Waals surface area contributed by atoms with Crippen LogP contribution in [0.5, 0.6) is 0 Å². The van der Waals surface area contributed by atoms with Crippen LogP contribution in [-0.4, -0.2) is 27.5 Å². The van der Waals surface area contributed by atoms with E-state index in [0.717, 1.165) is 17.5 Å². The number of allylic oxidation sites excluding steroid dienone is 2. The van der Waals surface area contributed by atoms with Gasteiger partial charge in [-0.15, -0.1) is 0 Å². The summed E-state index contributed by atoms with van der Waals surface area (Å²) in [5, 5.41) is 12.2. The lowest BCUT2D eigenvalue weighted by atomic mass is 10.1. The van der Waals surface area contributed by atoms with Crippen LogP contribution in [0, 0.1) is 10.1 Å². The molecule has 10 heteroatoms. The van der Waals surface area contributed by atoms with Crippen molar-refractivity contribution < 1.29 is 14.5 Å². The minimum atomic E-state index is -1.17. The third-order valence-electron chi connectivity index (χ3n) is 2.40. The van der Waals surface area contributed by atoms with E-state index in [-0.39, 0.29) is 23.2 Å². The molecule has 112 valence electrons. The van der Waals surface area contributed by atoms with E-state index >= 15 is 0 Å². The van der Waals surface area contributed by atoms with Gasteiger partial charge in [-0.25, -0.2) is 4.98 Å². The summed E-state index contributed by atoms with van der Waals surface area (Å²) in [7, 11) is 0. The molecular weight excluding hydrogens is 341 g/mol. The number of amides is 1. The highest BCUT2D eigenvalue weighted by Gasteiger charge is 2.29. The first-order valence-corrected chi connectivity index (χ1v) is 7.22. The molecule has 1 heterocycles. The van der Waals surface area contributed by atoms with Gasteiger partial charge in [0.05, 0.1) is 4.92 Å². The van der Waals surface area contributed by atoms with E-state index < -0.39 is 15.9 Å². The lowest BCUT2D eigenvalue weighted by molar-refractivity contribution is -0.380. The van der Waals surface area contributed by atoms with Crippen LogP contribution in [0.1, 0.15) is 6.42 Å². The van der Waals surface area contributed by atoms with Gasteiger partial charge in [-0.2, -0.15) is 0 Å². The number of alkyl halides is 1. The molecule has 0 fully saturated rings. The molecule has 1 aliphatic rings. The zero-order chi connectivity index (χ0) is 15.5. The third-order valence-corrected chi connectivity index (χ3v) is 3.89. The Labute approximate surface area is 133 Å². The maximum Gasteiger partial charge on any atom is 0.345 e. The molecule has 0 saturated heterocycles. The van der Waals surface area contributed by atoms with Crippen LogP contribution < -0.4 is 5.32 Å². The summed E-state index contributed by atoms with van der Waals surface area (Å²) in [6, 6.07) is 0. The van der Waals surface area contributed by atoms with Gasteiger partial charge in [0.15, 0.2) is 10.2 Å². The quantitative estimate of drug-likeness (QED) is 0.500. The Morgan fingerprint density at radius 3 is 3.05 bits per heavy atom. The first-order valence-electron chi connectivity index (χ1n) is 5.65. The van der Waals surface area contributed by atoms with Crippen molar-refractivity contribution in [3.05, 3.63) is 39.6 Å². The van der Waals surface area contributed by atoms with Crippen LogP contribution in [0.3, 0.4) is 0 Å². The topological polar surface area (TPSA) is 94.4 Å². The van der Waals surface area contributed by atoms with E-state index in [1.54, 1.807) is 18.2 Å². The molecule has 0 aliphatic heterocycles. The number of nitrogens with one attached hydrogen (secondary N) is 1. The fourth-order valence-corrected chi connectivity index (χ4v) is 2.75. The molecule has 1 atom stereocenters. The minimum Gasteiger partial charge on any atom is -0.346 e. The summed E-state index contributed by atoms with van der Waals surface area (Å²) in [4.78, 5) is 25.3. The number of thiazole rings is 1. The molecule has 0 spiro atoms. The standard InChI is InChI=1S/C11H9Cl2N3O4S/c12-7-2-1-3-11(13,4-7)20-6-8(17)15-10-14-5-9(21-10)16(18)19/h1-3,5H,4,6H2,(H,14,15,17). The Balaban J connectivity index is 1.86. The fraction of sp³-hybridized carbons (Fsp3) is 0.273. The normalized spacial score (nSPS) is 21.0. The first kappa shape index (κ1) is 15.9. The molecule has 1 N–H and O–H groups in total. The maximum atomic E-state index is 11.7. The Morgan fingerprint density at radius 2 is 2.43 bits per heavy atom. The molecular formula is C11H9Cl2N3O4S. The molecule has 1 amide bonds. The van der Waals surface area contributed by atoms with E-state index in [1.165, 1.54) is 0 Å². The van der Waals surface area contributed by atoms with Gasteiger partial charge in [-0.3, -0.25) is 20.2 Å². The average molecular weight is 350 g/mol. The molecule has 1 aromatic rings. The Hall–Kier alpha value is -1.48. The van der Waals surface area contributed by atoms with E-state index in [1.807, 2.05) is 0 Å². The van der Waals surface area contributed by atoms with Crippen molar-refractivity contribution in [1.29, 1.82) is 0 Å². The van der Waals surface area contributed by atoms with Crippen molar-refractivity contribution in [2.75, 3.05) is 11.9 Å². The number of nitro groups is 1. The van der Waals surface area contributed by atoms with Crippen LogP contribution in [0.2, 0.25) is 0 Å². The van der Waals surface area contributed by atoms with Gasteiger partial charge in [0.25, 0.3) is 5.91 Å². The lowest BCUT2D eigenvalue weighted by Crippen LogP contribution is -2.30. The average Bonchev–Trinajstić information content (AvgIpc) is 2.85. The van der Waals surface area contributed by atoms with Gasteiger partial charge in [0.1, 0.15) is 12.8 Å². The number of carbonyl (C=O) groups is 1. The molecule has 0 aromatic carbocycles. The number of hydrogen-bond acceptors (Lipinski definition) is 6. The van der Waals surface area contributed by atoms with Crippen molar-refractivity contribution >= 4 is 50.6 Å². The molecule has 2 rings (SSSR count). The maximum absolute atomic E-state index is 11.7. The summed E-state index contributed by atoms with van der Waals surface area (Å²) in [6.07, 6.45) is 6.23. The zero-order valence-corrected chi connectivity index (χ0v) is 12.7. The van der Waals surface area contributed by atoms with Gasteiger partial charge in [0, 0.05) is 11.5 Å². The molecule has 0 radical (unpaired) electrons. The molecule has 21 heavy (non-hydrogen) atoms. The second-order valence-electron chi connectivity index (χ2n) is 4.03.